The lowest BCUT2D eigenvalue weighted by Crippen LogP contribution is -2.12. The highest BCUT2D eigenvalue weighted by atomic mass is 32.2. The third-order valence-electron chi connectivity index (χ3n) is 4.51. The van der Waals surface area contributed by atoms with Gasteiger partial charge in [0.2, 0.25) is 0 Å². The van der Waals surface area contributed by atoms with E-state index in [0.717, 1.165) is 10.9 Å². The summed E-state index contributed by atoms with van der Waals surface area (Å²) in [5, 5.41) is 0.940. The molecule has 2 aromatic carbocycles. The van der Waals surface area contributed by atoms with Crippen LogP contribution in [0.1, 0.15) is 18.9 Å². The molecule has 3 aromatic rings. The van der Waals surface area contributed by atoms with Gasteiger partial charge in [-0.05, 0) is 49.7 Å². The molecule has 0 spiro atoms. The van der Waals surface area contributed by atoms with Gasteiger partial charge in [-0.3, -0.25) is 8.98 Å². The Bertz CT molecular complexity index is 1120. The lowest BCUT2D eigenvalue weighted by atomic mass is 10.2. The van der Waals surface area contributed by atoms with Crippen LogP contribution in [0.15, 0.2) is 59.6 Å². The topological polar surface area (TPSA) is 83.8 Å². The highest BCUT2D eigenvalue weighted by Gasteiger charge is 2.17. The van der Waals surface area contributed by atoms with E-state index in [1.165, 1.54) is 6.07 Å². The van der Waals surface area contributed by atoms with Gasteiger partial charge in [-0.25, -0.2) is 0 Å². The van der Waals surface area contributed by atoms with Gasteiger partial charge in [0.15, 0.2) is 0 Å². The first-order valence-electron chi connectivity index (χ1n) is 9.73. The Hall–Kier alpha value is -2.84. The van der Waals surface area contributed by atoms with Gasteiger partial charge in [-0.1, -0.05) is 18.2 Å². The van der Waals surface area contributed by atoms with Crippen molar-refractivity contribution in [3.05, 3.63) is 60.3 Å². The van der Waals surface area contributed by atoms with Crippen LogP contribution in [0.25, 0.3) is 10.9 Å². The van der Waals surface area contributed by atoms with Gasteiger partial charge in [0, 0.05) is 23.5 Å². The van der Waals surface area contributed by atoms with Crippen molar-refractivity contribution in [1.29, 1.82) is 0 Å². The molecule has 0 fully saturated rings. The molecule has 0 aliphatic heterocycles. The largest absolute Gasteiger partial charge is 0.493 e. The molecular formula is C22H25NO6S. The Morgan fingerprint density at radius 3 is 2.63 bits per heavy atom. The minimum absolute atomic E-state index is 0.0365. The predicted octanol–water partition coefficient (Wildman–Crippen LogP) is 3.69. The molecule has 1 aromatic heterocycles. The number of carbonyl (C=O) groups excluding carboxylic acids is 1. The summed E-state index contributed by atoms with van der Waals surface area (Å²) in [6, 6.07) is 14.2. The van der Waals surface area contributed by atoms with Crippen molar-refractivity contribution in [2.45, 2.75) is 31.7 Å². The molecule has 0 amide bonds. The molecule has 0 saturated heterocycles. The van der Waals surface area contributed by atoms with Gasteiger partial charge in [0.1, 0.15) is 12.3 Å². The van der Waals surface area contributed by atoms with E-state index < -0.39 is 10.1 Å². The molecule has 3 rings (SSSR count). The Kier molecular flexibility index (Phi) is 7.12. The Morgan fingerprint density at radius 2 is 1.87 bits per heavy atom. The summed E-state index contributed by atoms with van der Waals surface area (Å²) < 4.78 is 42.1. The summed E-state index contributed by atoms with van der Waals surface area (Å²) >= 11 is 0. The van der Waals surface area contributed by atoms with E-state index in [1.54, 1.807) is 32.0 Å². The van der Waals surface area contributed by atoms with Crippen LogP contribution in [-0.2, 0) is 30.4 Å². The number of carbonyl (C=O) groups is 1. The normalized spacial score (nSPS) is 11.5. The van der Waals surface area contributed by atoms with E-state index >= 15 is 0 Å². The summed E-state index contributed by atoms with van der Waals surface area (Å²) in [5.41, 5.74) is 1.56. The van der Waals surface area contributed by atoms with Crippen LogP contribution in [0.4, 0.5) is 0 Å². The SMILES string of the molecule is CCOC(=O)Cn1ccc2cc(OCCCOS(=O)(=O)c3ccccc3C)ccc21. The standard InChI is InChI=1S/C22H25NO6S/c1-3-27-22(24)16-23-12-11-18-15-19(9-10-20(18)23)28-13-6-14-29-30(25,26)21-8-5-4-7-17(21)2/h4-5,7-12,15H,3,6,13-14,16H2,1-2H3. The average Bonchev–Trinajstić information content (AvgIpc) is 3.10. The molecule has 30 heavy (non-hydrogen) atoms. The molecule has 7 nitrogen and oxygen atoms in total. The summed E-state index contributed by atoms with van der Waals surface area (Å²) in [4.78, 5) is 11.9. The Morgan fingerprint density at radius 1 is 1.07 bits per heavy atom. The van der Waals surface area contributed by atoms with Gasteiger partial charge in [0.05, 0.1) is 24.7 Å². The fourth-order valence-electron chi connectivity index (χ4n) is 3.07. The van der Waals surface area contributed by atoms with Crippen molar-refractivity contribution < 1.29 is 26.9 Å². The number of aryl methyl sites for hydroxylation is 1. The minimum Gasteiger partial charge on any atom is -0.493 e. The maximum atomic E-state index is 12.3. The van der Waals surface area contributed by atoms with Crippen LogP contribution >= 0.6 is 0 Å². The first-order valence-corrected chi connectivity index (χ1v) is 11.1. The summed E-state index contributed by atoms with van der Waals surface area (Å²) in [5.74, 6) is 0.383. The van der Waals surface area contributed by atoms with E-state index in [-0.39, 0.29) is 24.0 Å². The second-order valence-corrected chi connectivity index (χ2v) is 8.30. The van der Waals surface area contributed by atoms with Crippen molar-refractivity contribution in [2.24, 2.45) is 0 Å². The molecule has 0 aliphatic carbocycles. The number of esters is 1. The highest BCUT2D eigenvalue weighted by molar-refractivity contribution is 7.86. The van der Waals surface area contributed by atoms with Crippen LogP contribution in [0, 0.1) is 6.92 Å². The van der Waals surface area contributed by atoms with E-state index in [9.17, 15) is 13.2 Å². The number of nitrogens with zero attached hydrogens (tertiary/aromatic N) is 1. The molecule has 1 heterocycles. The molecule has 0 saturated carbocycles. The van der Waals surface area contributed by atoms with Gasteiger partial charge < -0.3 is 14.0 Å². The van der Waals surface area contributed by atoms with Crippen molar-refractivity contribution >= 4 is 27.0 Å². The second-order valence-electron chi connectivity index (χ2n) is 6.71. The zero-order valence-electron chi connectivity index (χ0n) is 17.0. The molecule has 0 aliphatic rings. The van der Waals surface area contributed by atoms with Crippen LogP contribution in [0.2, 0.25) is 0 Å². The van der Waals surface area contributed by atoms with Crippen LogP contribution in [0.3, 0.4) is 0 Å². The fourth-order valence-corrected chi connectivity index (χ4v) is 4.24. The van der Waals surface area contributed by atoms with Gasteiger partial charge in [0.25, 0.3) is 10.1 Å². The minimum atomic E-state index is -3.77. The number of rotatable bonds is 10. The van der Waals surface area contributed by atoms with Crippen LogP contribution in [-0.4, -0.2) is 38.8 Å². The Balaban J connectivity index is 1.50. The quantitative estimate of drug-likeness (QED) is 0.277. The van der Waals surface area contributed by atoms with Crippen molar-refractivity contribution in [3.8, 4) is 5.75 Å². The number of fused-ring (bicyclic) bond motifs is 1. The number of hydrogen-bond acceptors (Lipinski definition) is 6. The van der Waals surface area contributed by atoms with Crippen LogP contribution < -0.4 is 4.74 Å². The molecule has 0 atom stereocenters. The highest BCUT2D eigenvalue weighted by Crippen LogP contribution is 2.22. The van der Waals surface area contributed by atoms with E-state index in [0.29, 0.717) is 30.9 Å². The third-order valence-corrected chi connectivity index (χ3v) is 5.98. The maximum Gasteiger partial charge on any atom is 0.325 e. The van der Waals surface area contributed by atoms with Gasteiger partial charge in [-0.2, -0.15) is 8.42 Å². The molecule has 160 valence electrons. The van der Waals surface area contributed by atoms with E-state index in [4.69, 9.17) is 13.7 Å². The third kappa shape index (κ3) is 5.40. The number of ether oxygens (including phenoxy) is 2. The molecular weight excluding hydrogens is 406 g/mol. The number of hydrogen-bond donors (Lipinski definition) is 0. The zero-order chi connectivity index (χ0) is 21.6. The van der Waals surface area contributed by atoms with Gasteiger partial charge >= 0.3 is 5.97 Å². The van der Waals surface area contributed by atoms with Crippen molar-refractivity contribution in [3.63, 3.8) is 0 Å². The van der Waals surface area contributed by atoms with Crippen LogP contribution in [0.5, 0.6) is 5.75 Å². The first-order chi connectivity index (χ1) is 14.4. The lowest BCUT2D eigenvalue weighted by molar-refractivity contribution is -0.143. The predicted molar refractivity (Wildman–Crippen MR) is 113 cm³/mol. The van der Waals surface area contributed by atoms with E-state index in [2.05, 4.69) is 0 Å². The number of benzene rings is 2. The smallest absolute Gasteiger partial charge is 0.325 e. The molecule has 0 N–H and O–H groups in total. The van der Waals surface area contributed by atoms with Gasteiger partial charge in [-0.15, -0.1) is 0 Å². The number of aromatic nitrogens is 1. The monoisotopic (exact) mass is 431 g/mol. The lowest BCUT2D eigenvalue weighted by Gasteiger charge is -2.09. The zero-order valence-corrected chi connectivity index (χ0v) is 17.9. The molecule has 0 radical (unpaired) electrons. The fraction of sp³-hybridized carbons (Fsp3) is 0.318. The second kappa shape index (κ2) is 9.77. The molecule has 0 unspecified atom stereocenters. The summed E-state index contributed by atoms with van der Waals surface area (Å²) in [7, 11) is -3.77. The molecule has 0 bridgehead atoms. The summed E-state index contributed by atoms with van der Waals surface area (Å²) in [6.07, 6.45) is 2.25. The van der Waals surface area contributed by atoms with Crippen molar-refractivity contribution in [2.75, 3.05) is 19.8 Å². The first kappa shape index (κ1) is 21.9. The maximum absolute atomic E-state index is 12.3. The Labute approximate surface area is 176 Å². The van der Waals surface area contributed by atoms with E-state index in [1.807, 2.05) is 35.0 Å². The average molecular weight is 432 g/mol. The summed E-state index contributed by atoms with van der Waals surface area (Å²) in [6.45, 7) is 4.37. The molecule has 8 heteroatoms. The van der Waals surface area contributed by atoms with Crippen molar-refractivity contribution in [1.82, 2.24) is 4.57 Å².